The number of hydrogen-bond acceptors (Lipinski definition) is 3. The topological polar surface area (TPSA) is 37.3 Å². The molecule has 106 valence electrons. The van der Waals surface area contributed by atoms with Crippen LogP contribution in [0, 0.1) is 13.8 Å². The standard InChI is InChI=1S/C15H14OS.C2H6O/c1-10-3-8-14(11(2)9-10)15(16)12-4-6-13(17)7-5-12;1-2-3/h3-9,17H,1-2H3;3H,2H2,1H3. The van der Waals surface area contributed by atoms with Crippen LogP contribution in [0.5, 0.6) is 0 Å². The minimum atomic E-state index is 0.0656. The predicted molar refractivity (Wildman–Crippen MR) is 85.8 cm³/mol. The Morgan fingerprint density at radius 3 is 2.15 bits per heavy atom. The minimum Gasteiger partial charge on any atom is -0.397 e. The number of aliphatic hydroxyl groups is 1. The first-order valence-electron chi connectivity index (χ1n) is 6.51. The maximum Gasteiger partial charge on any atom is 0.193 e. The van der Waals surface area contributed by atoms with Crippen LogP contribution in [0.25, 0.3) is 0 Å². The van der Waals surface area contributed by atoms with Crippen molar-refractivity contribution < 1.29 is 9.90 Å². The second-order valence-corrected chi connectivity index (χ2v) is 5.03. The molecule has 0 fully saturated rings. The van der Waals surface area contributed by atoms with Gasteiger partial charge >= 0.3 is 0 Å². The Morgan fingerprint density at radius 2 is 1.65 bits per heavy atom. The molecule has 0 aromatic heterocycles. The van der Waals surface area contributed by atoms with Gasteiger partial charge in [0.15, 0.2) is 5.78 Å². The summed E-state index contributed by atoms with van der Waals surface area (Å²) in [5, 5.41) is 7.57. The largest absolute Gasteiger partial charge is 0.397 e. The normalized spacial score (nSPS) is 9.65. The van der Waals surface area contributed by atoms with E-state index in [4.69, 9.17) is 5.11 Å². The second kappa shape index (κ2) is 7.88. The van der Waals surface area contributed by atoms with E-state index >= 15 is 0 Å². The average Bonchev–Trinajstić information content (AvgIpc) is 2.40. The maximum absolute atomic E-state index is 12.3. The van der Waals surface area contributed by atoms with E-state index < -0.39 is 0 Å². The third-order valence-corrected chi connectivity index (χ3v) is 3.05. The van der Waals surface area contributed by atoms with Crippen LogP contribution >= 0.6 is 12.6 Å². The number of carbonyl (C=O) groups is 1. The van der Waals surface area contributed by atoms with Crippen molar-refractivity contribution in [2.75, 3.05) is 6.61 Å². The highest BCUT2D eigenvalue weighted by Gasteiger charge is 2.11. The van der Waals surface area contributed by atoms with Crippen molar-refractivity contribution in [2.45, 2.75) is 25.7 Å². The third kappa shape index (κ3) is 4.51. The van der Waals surface area contributed by atoms with E-state index in [0.717, 1.165) is 16.0 Å². The van der Waals surface area contributed by atoms with Gasteiger partial charge in [0.2, 0.25) is 0 Å². The SMILES string of the molecule is CCO.Cc1ccc(C(=O)c2ccc(S)cc2)c(C)c1. The van der Waals surface area contributed by atoms with Gasteiger partial charge in [-0.25, -0.2) is 0 Å². The molecule has 20 heavy (non-hydrogen) atoms. The van der Waals surface area contributed by atoms with Gasteiger partial charge in [-0.05, 0) is 50.6 Å². The summed E-state index contributed by atoms with van der Waals surface area (Å²) in [4.78, 5) is 13.1. The first-order chi connectivity index (χ1) is 9.49. The van der Waals surface area contributed by atoms with Crippen molar-refractivity contribution in [3.8, 4) is 0 Å². The van der Waals surface area contributed by atoms with E-state index in [0.29, 0.717) is 5.56 Å². The predicted octanol–water partition coefficient (Wildman–Crippen LogP) is 3.82. The first kappa shape index (κ1) is 16.5. The van der Waals surface area contributed by atoms with Crippen LogP contribution in [0.15, 0.2) is 47.4 Å². The molecule has 0 radical (unpaired) electrons. The minimum absolute atomic E-state index is 0.0656. The smallest absolute Gasteiger partial charge is 0.193 e. The van der Waals surface area contributed by atoms with Crippen molar-refractivity contribution in [2.24, 2.45) is 0 Å². The molecule has 2 aromatic carbocycles. The summed E-state index contributed by atoms with van der Waals surface area (Å²) >= 11 is 4.21. The average molecular weight is 288 g/mol. The highest BCUT2D eigenvalue weighted by molar-refractivity contribution is 7.80. The van der Waals surface area contributed by atoms with Crippen LogP contribution in [0.2, 0.25) is 0 Å². The van der Waals surface area contributed by atoms with Gasteiger partial charge in [-0.3, -0.25) is 4.79 Å². The number of rotatable bonds is 2. The molecule has 3 heteroatoms. The molecule has 0 amide bonds. The Balaban J connectivity index is 0.000000612. The quantitative estimate of drug-likeness (QED) is 0.651. The second-order valence-electron chi connectivity index (χ2n) is 4.51. The molecule has 0 aliphatic carbocycles. The van der Waals surface area contributed by atoms with E-state index in [1.807, 2.05) is 56.3 Å². The lowest BCUT2D eigenvalue weighted by Crippen LogP contribution is -2.03. The number of hydrogen-bond donors (Lipinski definition) is 2. The molecule has 2 rings (SSSR count). The molecule has 0 atom stereocenters. The number of benzene rings is 2. The molecule has 0 unspecified atom stereocenters. The van der Waals surface area contributed by atoms with Crippen LogP contribution in [-0.2, 0) is 0 Å². The van der Waals surface area contributed by atoms with Crippen LogP contribution in [0.3, 0.4) is 0 Å². The van der Waals surface area contributed by atoms with Gasteiger partial charge in [0.25, 0.3) is 0 Å². The number of carbonyl (C=O) groups excluding carboxylic acids is 1. The van der Waals surface area contributed by atoms with Crippen LogP contribution in [0.1, 0.15) is 34.0 Å². The summed E-state index contributed by atoms with van der Waals surface area (Å²) in [7, 11) is 0. The van der Waals surface area contributed by atoms with E-state index in [2.05, 4.69) is 12.6 Å². The lowest BCUT2D eigenvalue weighted by Gasteiger charge is -2.06. The van der Waals surface area contributed by atoms with Gasteiger partial charge in [-0.1, -0.05) is 23.8 Å². The summed E-state index contributed by atoms with van der Waals surface area (Å²) in [6.45, 7) is 5.92. The lowest BCUT2D eigenvalue weighted by atomic mass is 9.98. The molecule has 0 spiro atoms. The lowest BCUT2D eigenvalue weighted by molar-refractivity contribution is 0.103. The molecule has 2 aromatic rings. The highest BCUT2D eigenvalue weighted by Crippen LogP contribution is 2.17. The number of ketones is 1. The van der Waals surface area contributed by atoms with E-state index in [-0.39, 0.29) is 12.4 Å². The summed E-state index contributed by atoms with van der Waals surface area (Å²) in [5.41, 5.74) is 3.66. The Morgan fingerprint density at radius 1 is 1.10 bits per heavy atom. The summed E-state index contributed by atoms with van der Waals surface area (Å²) < 4.78 is 0. The molecule has 0 saturated heterocycles. The molecule has 0 aliphatic rings. The molecule has 2 nitrogen and oxygen atoms in total. The number of aryl methyl sites for hydroxylation is 2. The summed E-state index contributed by atoms with van der Waals surface area (Å²) in [5.74, 6) is 0.0656. The van der Waals surface area contributed by atoms with Gasteiger partial charge in [-0.2, -0.15) is 0 Å². The Kier molecular flexibility index (Phi) is 6.49. The zero-order valence-electron chi connectivity index (χ0n) is 12.1. The first-order valence-corrected chi connectivity index (χ1v) is 6.96. The Hall–Kier alpha value is -1.58. The number of thiol groups is 1. The van der Waals surface area contributed by atoms with E-state index in [1.165, 1.54) is 5.56 Å². The van der Waals surface area contributed by atoms with Gasteiger partial charge in [0.1, 0.15) is 0 Å². The van der Waals surface area contributed by atoms with Gasteiger partial charge in [0.05, 0.1) is 0 Å². The van der Waals surface area contributed by atoms with Gasteiger partial charge in [-0.15, -0.1) is 12.6 Å². The fourth-order valence-corrected chi connectivity index (χ4v) is 1.99. The van der Waals surface area contributed by atoms with Crippen molar-refractivity contribution >= 4 is 18.4 Å². The monoisotopic (exact) mass is 288 g/mol. The van der Waals surface area contributed by atoms with Crippen LogP contribution in [-0.4, -0.2) is 17.5 Å². The molecule has 0 saturated carbocycles. The zero-order chi connectivity index (χ0) is 15.1. The zero-order valence-corrected chi connectivity index (χ0v) is 12.9. The van der Waals surface area contributed by atoms with Crippen LogP contribution in [0.4, 0.5) is 0 Å². The summed E-state index contributed by atoms with van der Waals surface area (Å²) in [6, 6.07) is 13.2. The Labute approximate surface area is 125 Å². The van der Waals surface area contributed by atoms with Gasteiger partial charge < -0.3 is 5.11 Å². The fourth-order valence-electron chi connectivity index (χ4n) is 1.84. The molecule has 1 N–H and O–H groups in total. The molecular formula is C17H20O2S. The maximum atomic E-state index is 12.3. The molecule has 0 aliphatic heterocycles. The van der Waals surface area contributed by atoms with E-state index in [1.54, 1.807) is 6.92 Å². The van der Waals surface area contributed by atoms with E-state index in [9.17, 15) is 4.79 Å². The highest BCUT2D eigenvalue weighted by atomic mass is 32.1. The Bertz CT molecular complexity index is 574. The summed E-state index contributed by atoms with van der Waals surface area (Å²) in [6.07, 6.45) is 0. The van der Waals surface area contributed by atoms with Gasteiger partial charge in [0, 0.05) is 22.6 Å². The van der Waals surface area contributed by atoms with Crippen molar-refractivity contribution in [1.29, 1.82) is 0 Å². The molecule has 0 bridgehead atoms. The van der Waals surface area contributed by atoms with Crippen molar-refractivity contribution in [3.05, 3.63) is 64.7 Å². The van der Waals surface area contributed by atoms with Crippen LogP contribution < -0.4 is 0 Å². The number of aliphatic hydroxyl groups excluding tert-OH is 1. The van der Waals surface area contributed by atoms with Crippen molar-refractivity contribution in [3.63, 3.8) is 0 Å². The fraction of sp³-hybridized carbons (Fsp3) is 0.235. The molecular weight excluding hydrogens is 268 g/mol. The third-order valence-electron chi connectivity index (χ3n) is 2.76. The van der Waals surface area contributed by atoms with Crippen molar-refractivity contribution in [1.82, 2.24) is 0 Å². The molecule has 0 heterocycles.